The third kappa shape index (κ3) is 2.31. The van der Waals surface area contributed by atoms with Crippen LogP contribution in [0.4, 0.5) is 0 Å². The van der Waals surface area contributed by atoms with Crippen molar-refractivity contribution in [3.05, 3.63) is 52.1 Å². The van der Waals surface area contributed by atoms with E-state index in [2.05, 4.69) is 0 Å². The number of aliphatic hydroxyl groups is 5. The number of rotatable bonds is 2. The minimum absolute atomic E-state index is 0.0845. The van der Waals surface area contributed by atoms with Gasteiger partial charge in [-0.05, 0) is 12.1 Å². The summed E-state index contributed by atoms with van der Waals surface area (Å²) >= 11 is 5.50. The molecule has 1 aliphatic carbocycles. The lowest BCUT2D eigenvalue weighted by Gasteiger charge is -2.29. The topological polar surface area (TPSA) is 138 Å². The zero-order chi connectivity index (χ0) is 15.9. The fourth-order valence-corrected chi connectivity index (χ4v) is 2.13. The fraction of sp³-hybridized carbons (Fsp3) is 0.154. The third-order valence-corrected chi connectivity index (χ3v) is 3.50. The van der Waals surface area contributed by atoms with Crippen LogP contribution >= 0.6 is 11.6 Å². The van der Waals surface area contributed by atoms with E-state index in [9.17, 15) is 35.4 Å². The highest BCUT2D eigenvalue weighted by molar-refractivity contribution is 6.31. The lowest BCUT2D eigenvalue weighted by Crippen LogP contribution is -2.40. The van der Waals surface area contributed by atoms with Gasteiger partial charge in [0.15, 0.2) is 17.3 Å². The smallest absolute Gasteiger partial charge is 0.267 e. The molecule has 2 rings (SSSR count). The van der Waals surface area contributed by atoms with Crippen molar-refractivity contribution in [3.63, 3.8) is 0 Å². The number of benzene rings is 1. The Hall–Kier alpha value is -2.22. The summed E-state index contributed by atoms with van der Waals surface area (Å²) < 4.78 is 0. The summed E-state index contributed by atoms with van der Waals surface area (Å²) in [5.41, 5.74) is -0.0845. The minimum Gasteiger partial charge on any atom is -0.510 e. The van der Waals surface area contributed by atoms with Crippen LogP contribution in [0.15, 0.2) is 46.6 Å². The van der Waals surface area contributed by atoms with Crippen LogP contribution in [0, 0.1) is 5.92 Å². The molecular formula is C13H11ClO7. The van der Waals surface area contributed by atoms with Gasteiger partial charge < -0.3 is 30.6 Å². The molecule has 0 aromatic heterocycles. The molecule has 0 saturated heterocycles. The van der Waals surface area contributed by atoms with Crippen LogP contribution in [0.5, 0.6) is 5.75 Å². The van der Waals surface area contributed by atoms with E-state index < -0.39 is 39.8 Å². The van der Waals surface area contributed by atoms with Crippen molar-refractivity contribution in [2.45, 2.75) is 5.79 Å². The van der Waals surface area contributed by atoms with Crippen molar-refractivity contribution >= 4 is 17.4 Å². The van der Waals surface area contributed by atoms with E-state index in [1.165, 1.54) is 18.2 Å². The van der Waals surface area contributed by atoms with Crippen molar-refractivity contribution in [1.82, 2.24) is 0 Å². The number of hydrogen-bond acceptors (Lipinski definition) is 7. The summed E-state index contributed by atoms with van der Waals surface area (Å²) in [5.74, 6) is -9.61. The molecule has 0 saturated carbocycles. The average Bonchev–Trinajstić information content (AvgIpc) is 2.44. The second-order valence-corrected chi connectivity index (χ2v) is 4.83. The molecule has 0 fully saturated rings. The first-order valence-electron chi connectivity index (χ1n) is 5.67. The van der Waals surface area contributed by atoms with E-state index in [1.54, 1.807) is 0 Å². The zero-order valence-corrected chi connectivity index (χ0v) is 11.1. The Bertz CT molecular complexity index is 647. The number of carbonyl (C=O) groups is 1. The Balaban J connectivity index is 2.54. The van der Waals surface area contributed by atoms with Gasteiger partial charge in [-0.1, -0.05) is 23.7 Å². The molecule has 0 aliphatic heterocycles. The lowest BCUT2D eigenvalue weighted by molar-refractivity contribution is -0.124. The highest BCUT2D eigenvalue weighted by Gasteiger charge is 2.48. The molecule has 8 heteroatoms. The Kier molecular flexibility index (Phi) is 3.58. The van der Waals surface area contributed by atoms with Crippen LogP contribution in [-0.2, 0) is 0 Å². The van der Waals surface area contributed by atoms with Crippen LogP contribution in [0.3, 0.4) is 0 Å². The molecule has 1 aliphatic rings. The maximum Gasteiger partial charge on any atom is 0.267 e. The lowest BCUT2D eigenvalue weighted by atomic mass is 9.87. The van der Waals surface area contributed by atoms with Gasteiger partial charge in [-0.2, -0.15) is 0 Å². The number of hydrogen-bond donors (Lipinski definition) is 6. The van der Waals surface area contributed by atoms with Gasteiger partial charge in [-0.3, -0.25) is 4.79 Å². The van der Waals surface area contributed by atoms with Gasteiger partial charge in [0.25, 0.3) is 5.79 Å². The van der Waals surface area contributed by atoms with Crippen LogP contribution in [-0.4, -0.2) is 42.2 Å². The average molecular weight is 315 g/mol. The van der Waals surface area contributed by atoms with Crippen molar-refractivity contribution in [3.8, 4) is 5.75 Å². The van der Waals surface area contributed by atoms with E-state index in [0.717, 1.165) is 6.07 Å². The first-order chi connectivity index (χ1) is 9.67. The first-order valence-corrected chi connectivity index (χ1v) is 6.05. The van der Waals surface area contributed by atoms with E-state index in [4.69, 9.17) is 11.6 Å². The van der Waals surface area contributed by atoms with E-state index in [1.807, 2.05) is 0 Å². The Morgan fingerprint density at radius 2 is 1.71 bits per heavy atom. The molecule has 0 spiro atoms. The Morgan fingerprint density at radius 3 is 2.29 bits per heavy atom. The molecule has 112 valence electrons. The normalized spacial score (nSPS) is 21.6. The summed E-state index contributed by atoms with van der Waals surface area (Å²) in [4.78, 5) is 12.2. The molecule has 0 amide bonds. The van der Waals surface area contributed by atoms with Crippen molar-refractivity contribution in [2.75, 3.05) is 0 Å². The molecule has 1 atom stereocenters. The maximum absolute atomic E-state index is 12.2. The van der Waals surface area contributed by atoms with Crippen LogP contribution in [0.2, 0.25) is 0 Å². The maximum atomic E-state index is 12.2. The van der Waals surface area contributed by atoms with Gasteiger partial charge in [-0.25, -0.2) is 0 Å². The number of ketones is 1. The monoisotopic (exact) mass is 314 g/mol. The Morgan fingerprint density at radius 1 is 1.10 bits per heavy atom. The van der Waals surface area contributed by atoms with Crippen LogP contribution in [0.25, 0.3) is 0 Å². The van der Waals surface area contributed by atoms with Gasteiger partial charge >= 0.3 is 0 Å². The minimum atomic E-state index is -3.18. The summed E-state index contributed by atoms with van der Waals surface area (Å²) in [6.07, 6.45) is 0. The second kappa shape index (κ2) is 4.96. The summed E-state index contributed by atoms with van der Waals surface area (Å²) in [7, 11) is 0. The number of aliphatic hydroxyl groups excluding tert-OH is 3. The van der Waals surface area contributed by atoms with E-state index >= 15 is 0 Å². The molecule has 1 aromatic carbocycles. The number of Topliss-reactive ketones (excluding diaryl/α,β-unsaturated/α-hetero) is 1. The molecule has 0 bridgehead atoms. The number of carbonyl (C=O) groups excluding carboxylic acids is 1. The van der Waals surface area contributed by atoms with Gasteiger partial charge in [0.05, 0.1) is 0 Å². The van der Waals surface area contributed by atoms with Crippen molar-refractivity contribution < 1.29 is 35.4 Å². The second-order valence-electron chi connectivity index (χ2n) is 4.45. The SMILES string of the molecule is O=C(c1cccc(O)c1)C1C(O)=C(O)C(O)(O)C(Cl)=C1O. The molecule has 1 aromatic rings. The summed E-state index contributed by atoms with van der Waals surface area (Å²) in [5, 5.41) is 56.3. The Labute approximate surface area is 123 Å². The molecule has 21 heavy (non-hydrogen) atoms. The molecule has 0 heterocycles. The first kappa shape index (κ1) is 15.2. The van der Waals surface area contributed by atoms with Crippen molar-refractivity contribution in [1.29, 1.82) is 0 Å². The van der Waals surface area contributed by atoms with Gasteiger partial charge in [0, 0.05) is 5.56 Å². The summed E-state index contributed by atoms with van der Waals surface area (Å²) in [6, 6.07) is 5.04. The molecular weight excluding hydrogens is 304 g/mol. The predicted octanol–water partition coefficient (Wildman–Crippen LogP) is 1.22. The molecule has 1 unspecified atom stereocenters. The largest absolute Gasteiger partial charge is 0.510 e. The number of halogens is 1. The molecule has 0 radical (unpaired) electrons. The third-order valence-electron chi connectivity index (χ3n) is 3.04. The van der Waals surface area contributed by atoms with Crippen LogP contribution < -0.4 is 0 Å². The zero-order valence-electron chi connectivity index (χ0n) is 10.4. The number of aromatic hydroxyl groups is 1. The van der Waals surface area contributed by atoms with E-state index in [0.29, 0.717) is 0 Å². The van der Waals surface area contributed by atoms with Crippen molar-refractivity contribution in [2.24, 2.45) is 5.92 Å². The quantitative estimate of drug-likeness (QED) is 0.356. The standard InChI is InChI=1S/C13H11ClO7/c14-11-9(17)7(10(18)12(19)13(11,20)21)8(16)5-2-1-3-6(15)4-5/h1-4,7,15,17-21H. The predicted molar refractivity (Wildman–Crippen MR) is 70.9 cm³/mol. The number of phenols is 1. The highest BCUT2D eigenvalue weighted by atomic mass is 35.5. The molecule has 7 nitrogen and oxygen atoms in total. The highest BCUT2D eigenvalue weighted by Crippen LogP contribution is 2.40. The fourth-order valence-electron chi connectivity index (χ4n) is 1.93. The van der Waals surface area contributed by atoms with Gasteiger partial charge in [-0.15, -0.1) is 0 Å². The molecule has 6 N–H and O–H groups in total. The number of phenolic OH excluding ortho intramolecular Hbond substituents is 1. The van der Waals surface area contributed by atoms with Gasteiger partial charge in [0.2, 0.25) is 0 Å². The van der Waals surface area contributed by atoms with Crippen LogP contribution in [0.1, 0.15) is 10.4 Å². The summed E-state index contributed by atoms with van der Waals surface area (Å²) in [6.45, 7) is 0. The van der Waals surface area contributed by atoms with E-state index in [-0.39, 0.29) is 11.3 Å². The van der Waals surface area contributed by atoms with Gasteiger partial charge in [0.1, 0.15) is 22.5 Å².